The van der Waals surface area contributed by atoms with Crippen LogP contribution in [0.1, 0.15) is 12.0 Å². The summed E-state index contributed by atoms with van der Waals surface area (Å²) in [6.45, 7) is -0.211. The van der Waals surface area contributed by atoms with Crippen LogP contribution in [0, 0.1) is 11.3 Å². The van der Waals surface area contributed by atoms with Crippen molar-refractivity contribution in [3.63, 3.8) is 0 Å². The zero-order valence-corrected chi connectivity index (χ0v) is 14.9. The fourth-order valence-electron chi connectivity index (χ4n) is 2.97. The molecule has 0 spiro atoms. The highest BCUT2D eigenvalue weighted by molar-refractivity contribution is 7.91. The largest absolute Gasteiger partial charge is 0.484 e. The second kappa shape index (κ2) is 7.58. The molecule has 26 heavy (non-hydrogen) atoms. The van der Waals surface area contributed by atoms with E-state index >= 15 is 0 Å². The second-order valence-corrected chi connectivity index (χ2v) is 8.31. The highest BCUT2D eigenvalue weighted by Gasteiger charge is 2.35. The first-order valence-corrected chi connectivity index (χ1v) is 10.0. The number of carbonyl (C=O) groups is 1. The van der Waals surface area contributed by atoms with E-state index in [0.29, 0.717) is 23.4 Å². The Morgan fingerprint density at radius 1 is 1.15 bits per heavy atom. The molecule has 3 rings (SSSR count). The van der Waals surface area contributed by atoms with E-state index in [2.05, 4.69) is 0 Å². The molecule has 1 aliphatic heterocycles. The minimum Gasteiger partial charge on any atom is -0.484 e. The summed E-state index contributed by atoms with van der Waals surface area (Å²) in [6, 6.07) is 17.1. The Kier molecular flexibility index (Phi) is 5.24. The lowest BCUT2D eigenvalue weighted by atomic mass is 10.2. The van der Waals surface area contributed by atoms with Crippen LogP contribution in [0.5, 0.6) is 5.75 Å². The third kappa shape index (κ3) is 4.21. The van der Waals surface area contributed by atoms with Gasteiger partial charge in [0.25, 0.3) is 5.91 Å². The molecule has 0 saturated carbocycles. The highest BCUT2D eigenvalue weighted by atomic mass is 32.2. The topological polar surface area (TPSA) is 87.5 Å². The predicted octanol–water partition coefficient (Wildman–Crippen LogP) is 2.16. The number of carbonyl (C=O) groups excluding carboxylic acids is 1. The number of hydrogen-bond acceptors (Lipinski definition) is 5. The van der Waals surface area contributed by atoms with Gasteiger partial charge in [0, 0.05) is 5.69 Å². The number of rotatable bonds is 5. The molecule has 0 radical (unpaired) electrons. The van der Waals surface area contributed by atoms with E-state index in [-0.39, 0.29) is 30.1 Å². The van der Waals surface area contributed by atoms with Crippen molar-refractivity contribution in [3.05, 3.63) is 60.2 Å². The number of ether oxygens (including phenoxy) is 1. The van der Waals surface area contributed by atoms with Crippen LogP contribution < -0.4 is 9.64 Å². The van der Waals surface area contributed by atoms with Crippen LogP contribution >= 0.6 is 0 Å². The molecule has 7 heteroatoms. The van der Waals surface area contributed by atoms with Crippen LogP contribution in [-0.4, -0.2) is 38.5 Å². The lowest BCUT2D eigenvalue weighted by Gasteiger charge is -2.28. The molecule has 1 heterocycles. The van der Waals surface area contributed by atoms with Crippen molar-refractivity contribution in [1.29, 1.82) is 5.26 Å². The number of benzene rings is 2. The van der Waals surface area contributed by atoms with Crippen LogP contribution in [0.15, 0.2) is 54.6 Å². The maximum absolute atomic E-state index is 12.8. The van der Waals surface area contributed by atoms with Crippen molar-refractivity contribution in [2.24, 2.45) is 0 Å². The normalized spacial score (nSPS) is 18.0. The Morgan fingerprint density at radius 3 is 2.42 bits per heavy atom. The van der Waals surface area contributed by atoms with E-state index in [1.807, 2.05) is 12.1 Å². The molecule has 2 aromatic rings. The first-order chi connectivity index (χ1) is 12.5. The second-order valence-electron chi connectivity index (χ2n) is 6.08. The number of amides is 1. The molecule has 1 saturated heterocycles. The zero-order chi connectivity index (χ0) is 18.6. The maximum Gasteiger partial charge on any atom is 0.265 e. The first kappa shape index (κ1) is 18.0. The molecule has 0 aromatic heterocycles. The van der Waals surface area contributed by atoms with Crippen LogP contribution in [0.25, 0.3) is 0 Å². The summed E-state index contributed by atoms with van der Waals surface area (Å²) in [6.07, 6.45) is 0.417. The lowest BCUT2D eigenvalue weighted by Crippen LogP contribution is -2.43. The summed E-state index contributed by atoms with van der Waals surface area (Å²) in [5, 5.41) is 8.81. The van der Waals surface area contributed by atoms with E-state index in [1.54, 1.807) is 48.5 Å². The van der Waals surface area contributed by atoms with Gasteiger partial charge in [0.2, 0.25) is 0 Å². The quantitative estimate of drug-likeness (QED) is 0.805. The van der Waals surface area contributed by atoms with Gasteiger partial charge in [0.15, 0.2) is 16.4 Å². The fraction of sp³-hybridized carbons (Fsp3) is 0.263. The smallest absolute Gasteiger partial charge is 0.265 e. The van der Waals surface area contributed by atoms with Crippen molar-refractivity contribution in [2.45, 2.75) is 12.5 Å². The number of anilines is 1. The minimum absolute atomic E-state index is 0.0372. The maximum atomic E-state index is 12.8. The molecule has 0 aliphatic carbocycles. The summed E-state index contributed by atoms with van der Waals surface area (Å²) >= 11 is 0. The Labute approximate surface area is 152 Å². The van der Waals surface area contributed by atoms with Crippen LogP contribution in [0.2, 0.25) is 0 Å². The van der Waals surface area contributed by atoms with E-state index in [0.717, 1.165) is 0 Å². The van der Waals surface area contributed by atoms with Gasteiger partial charge in [0.05, 0.1) is 29.2 Å². The number of nitrogens with zero attached hydrogens (tertiary/aromatic N) is 2. The summed E-state index contributed by atoms with van der Waals surface area (Å²) in [5.41, 5.74) is 1.16. The molecule has 6 nitrogen and oxygen atoms in total. The average molecular weight is 370 g/mol. The molecule has 1 aliphatic rings. The lowest BCUT2D eigenvalue weighted by molar-refractivity contribution is -0.121. The van der Waals surface area contributed by atoms with Crippen LogP contribution in [-0.2, 0) is 14.6 Å². The molecule has 2 aromatic carbocycles. The molecular formula is C19H18N2O4S. The standard InChI is InChI=1S/C19H18N2O4S/c20-12-15-6-8-18(9-7-15)25-13-19(22)21(16-4-2-1-3-5-16)17-10-11-26(23,24)14-17/h1-9,17H,10-11,13-14H2/t17-/m1/s1. The van der Waals surface area contributed by atoms with Gasteiger partial charge in [0.1, 0.15) is 5.75 Å². The molecule has 134 valence electrons. The summed E-state index contributed by atoms with van der Waals surface area (Å²) in [7, 11) is -3.12. The van der Waals surface area contributed by atoms with Crippen molar-refractivity contribution in [3.8, 4) is 11.8 Å². The Balaban J connectivity index is 1.75. The Morgan fingerprint density at radius 2 is 1.85 bits per heavy atom. The summed E-state index contributed by atoms with van der Waals surface area (Å²) in [5.74, 6) is 0.224. The number of sulfone groups is 1. The van der Waals surface area contributed by atoms with Crippen LogP contribution in [0.4, 0.5) is 5.69 Å². The molecule has 0 bridgehead atoms. The van der Waals surface area contributed by atoms with E-state index < -0.39 is 9.84 Å². The van der Waals surface area contributed by atoms with Gasteiger partial charge < -0.3 is 9.64 Å². The monoisotopic (exact) mass is 370 g/mol. The zero-order valence-electron chi connectivity index (χ0n) is 14.0. The van der Waals surface area contributed by atoms with Crippen molar-refractivity contribution in [1.82, 2.24) is 0 Å². The predicted molar refractivity (Wildman–Crippen MR) is 97.6 cm³/mol. The van der Waals surface area contributed by atoms with Gasteiger partial charge in [-0.2, -0.15) is 5.26 Å². The molecule has 0 N–H and O–H groups in total. The van der Waals surface area contributed by atoms with Gasteiger partial charge in [-0.05, 0) is 42.8 Å². The minimum atomic E-state index is -3.12. The van der Waals surface area contributed by atoms with Crippen LogP contribution in [0.3, 0.4) is 0 Å². The third-order valence-electron chi connectivity index (χ3n) is 4.22. The molecule has 1 fully saturated rings. The Hall–Kier alpha value is -2.85. The number of hydrogen-bond donors (Lipinski definition) is 0. The summed E-state index contributed by atoms with van der Waals surface area (Å²) < 4.78 is 29.2. The molecule has 1 atom stereocenters. The van der Waals surface area contributed by atoms with Gasteiger partial charge in [-0.25, -0.2) is 8.42 Å². The Bertz CT molecular complexity index is 918. The number of para-hydroxylation sites is 1. The SMILES string of the molecule is N#Cc1ccc(OCC(=O)N(c2ccccc2)[C@@H]2CCS(=O)(=O)C2)cc1. The molecule has 0 unspecified atom stereocenters. The van der Waals surface area contributed by atoms with Gasteiger partial charge in [-0.15, -0.1) is 0 Å². The van der Waals surface area contributed by atoms with Gasteiger partial charge >= 0.3 is 0 Å². The number of nitriles is 1. The summed E-state index contributed by atoms with van der Waals surface area (Å²) in [4.78, 5) is 14.3. The van der Waals surface area contributed by atoms with Gasteiger partial charge in [-0.3, -0.25) is 4.79 Å². The average Bonchev–Trinajstić information content (AvgIpc) is 3.01. The van der Waals surface area contributed by atoms with E-state index in [9.17, 15) is 13.2 Å². The third-order valence-corrected chi connectivity index (χ3v) is 5.97. The van der Waals surface area contributed by atoms with Crippen molar-refractivity contribution >= 4 is 21.4 Å². The van der Waals surface area contributed by atoms with Crippen molar-refractivity contribution in [2.75, 3.05) is 23.0 Å². The van der Waals surface area contributed by atoms with E-state index in [1.165, 1.54) is 4.90 Å². The molecule has 1 amide bonds. The highest BCUT2D eigenvalue weighted by Crippen LogP contribution is 2.25. The van der Waals surface area contributed by atoms with Crippen molar-refractivity contribution < 1.29 is 17.9 Å². The first-order valence-electron chi connectivity index (χ1n) is 8.19. The van der Waals surface area contributed by atoms with Gasteiger partial charge in [-0.1, -0.05) is 18.2 Å². The fourth-order valence-corrected chi connectivity index (χ4v) is 4.67. The molecular weight excluding hydrogens is 352 g/mol. The van der Waals surface area contributed by atoms with E-state index in [4.69, 9.17) is 10.00 Å².